The van der Waals surface area contributed by atoms with Crippen LogP contribution in [-0.2, 0) is 11.4 Å². The highest BCUT2D eigenvalue weighted by Crippen LogP contribution is 2.18. The molecule has 1 rings (SSSR count). The lowest BCUT2D eigenvalue weighted by atomic mass is 10.1. The van der Waals surface area contributed by atoms with Gasteiger partial charge in [-0.15, -0.1) is 0 Å². The number of nitrogens with one attached hydrogen (secondary N) is 1. The van der Waals surface area contributed by atoms with Crippen molar-refractivity contribution in [3.63, 3.8) is 0 Å². The normalized spacial score (nSPS) is 12.1. The number of rotatable bonds is 5. The second-order valence-corrected chi connectivity index (χ2v) is 3.27. The van der Waals surface area contributed by atoms with Crippen molar-refractivity contribution in [1.82, 2.24) is 5.48 Å². The average molecular weight is 255 g/mol. The third kappa shape index (κ3) is 5.60. The highest BCUT2D eigenvalue weighted by atomic mass is 19.4. The molecule has 0 fully saturated rings. The van der Waals surface area contributed by atoms with Crippen LogP contribution in [0.1, 0.15) is 17.6 Å². The Morgan fingerprint density at radius 1 is 1.12 bits per heavy atom. The van der Waals surface area contributed by atoms with Gasteiger partial charge in [-0.2, -0.15) is 18.7 Å². The van der Waals surface area contributed by atoms with E-state index < -0.39 is 19.2 Å². The van der Waals surface area contributed by atoms with Crippen LogP contribution in [0.2, 0.25) is 0 Å². The van der Waals surface area contributed by atoms with Crippen LogP contribution in [0.5, 0.6) is 0 Å². The summed E-state index contributed by atoms with van der Waals surface area (Å²) in [4.78, 5) is 4.16. The molecule has 0 atom stereocenters. The molecule has 1 N–H and O–H groups in total. The van der Waals surface area contributed by atoms with Gasteiger partial charge in [0, 0.05) is 12.1 Å². The Labute approximate surface area is 94.3 Å². The fourth-order valence-corrected chi connectivity index (χ4v) is 1.05. The molecular formula is C10H10F5NO. The zero-order valence-electron chi connectivity index (χ0n) is 8.60. The predicted molar refractivity (Wildman–Crippen MR) is 50.2 cm³/mol. The molecule has 7 heteroatoms. The Kier molecular flexibility index (Phi) is 4.83. The van der Waals surface area contributed by atoms with Crippen LogP contribution in [0.4, 0.5) is 22.0 Å². The van der Waals surface area contributed by atoms with Gasteiger partial charge in [-0.1, -0.05) is 24.3 Å². The number of hydroxylamine groups is 1. The van der Waals surface area contributed by atoms with E-state index in [1.807, 2.05) is 0 Å². The summed E-state index contributed by atoms with van der Waals surface area (Å²) in [7, 11) is 0. The summed E-state index contributed by atoms with van der Waals surface area (Å²) in [6, 6.07) is 5.22. The van der Waals surface area contributed by atoms with Crippen LogP contribution in [0, 0.1) is 0 Å². The molecule has 0 heterocycles. The first kappa shape index (κ1) is 13.9. The monoisotopic (exact) mass is 255 g/mol. The van der Waals surface area contributed by atoms with Crippen molar-refractivity contribution in [2.45, 2.75) is 19.1 Å². The minimum absolute atomic E-state index is 0.0135. The minimum Gasteiger partial charge on any atom is -0.292 e. The number of hydrogen-bond donors (Lipinski definition) is 1. The molecule has 1 aromatic rings. The van der Waals surface area contributed by atoms with E-state index in [0.717, 1.165) is 0 Å². The van der Waals surface area contributed by atoms with E-state index in [-0.39, 0.29) is 12.1 Å². The van der Waals surface area contributed by atoms with Gasteiger partial charge in [0.15, 0.2) is 6.61 Å². The summed E-state index contributed by atoms with van der Waals surface area (Å²) in [6.07, 6.45) is -6.95. The summed E-state index contributed by atoms with van der Waals surface area (Å²) in [6.45, 7) is -1.39. The van der Waals surface area contributed by atoms with Crippen LogP contribution >= 0.6 is 0 Å². The van der Waals surface area contributed by atoms with Gasteiger partial charge in [-0.3, -0.25) is 4.84 Å². The Morgan fingerprint density at radius 3 is 2.18 bits per heavy atom. The SMILES string of the molecule is FC(F)c1ccc(CNOCC(F)(F)F)cc1. The average Bonchev–Trinajstić information content (AvgIpc) is 2.24. The van der Waals surface area contributed by atoms with Gasteiger partial charge in [-0.05, 0) is 5.56 Å². The second kappa shape index (κ2) is 5.92. The number of halogens is 5. The maximum Gasteiger partial charge on any atom is 0.413 e. The zero-order valence-corrected chi connectivity index (χ0v) is 8.60. The molecule has 0 bridgehead atoms. The molecule has 0 aliphatic rings. The topological polar surface area (TPSA) is 21.3 Å². The Balaban J connectivity index is 2.33. The number of alkyl halides is 5. The lowest BCUT2D eigenvalue weighted by Gasteiger charge is -2.08. The maximum atomic E-state index is 12.2. The fourth-order valence-electron chi connectivity index (χ4n) is 1.05. The van der Waals surface area contributed by atoms with Crippen molar-refractivity contribution in [1.29, 1.82) is 0 Å². The van der Waals surface area contributed by atoms with Crippen molar-refractivity contribution < 1.29 is 26.8 Å². The summed E-state index contributed by atoms with van der Waals surface area (Å²) in [5, 5.41) is 0. The summed E-state index contributed by atoms with van der Waals surface area (Å²) in [5.74, 6) is 0. The first-order chi connectivity index (χ1) is 7.88. The van der Waals surface area contributed by atoms with E-state index in [2.05, 4.69) is 10.3 Å². The van der Waals surface area contributed by atoms with Crippen LogP contribution in [0.25, 0.3) is 0 Å². The van der Waals surface area contributed by atoms with E-state index in [1.165, 1.54) is 24.3 Å². The number of hydrogen-bond acceptors (Lipinski definition) is 2. The molecule has 96 valence electrons. The highest BCUT2D eigenvalue weighted by molar-refractivity contribution is 5.22. The minimum atomic E-state index is -4.40. The maximum absolute atomic E-state index is 12.2. The van der Waals surface area contributed by atoms with Crippen LogP contribution in [0.3, 0.4) is 0 Å². The highest BCUT2D eigenvalue weighted by Gasteiger charge is 2.27. The van der Waals surface area contributed by atoms with Crippen LogP contribution < -0.4 is 5.48 Å². The number of benzene rings is 1. The van der Waals surface area contributed by atoms with Gasteiger partial charge < -0.3 is 0 Å². The van der Waals surface area contributed by atoms with E-state index in [1.54, 1.807) is 0 Å². The second-order valence-electron chi connectivity index (χ2n) is 3.27. The van der Waals surface area contributed by atoms with E-state index in [4.69, 9.17) is 0 Å². The zero-order chi connectivity index (χ0) is 12.9. The summed E-state index contributed by atoms with van der Waals surface area (Å²) in [5.41, 5.74) is 2.52. The molecule has 0 amide bonds. The third-order valence-electron chi connectivity index (χ3n) is 1.85. The Bertz CT molecular complexity index is 336. The molecule has 0 saturated heterocycles. The molecule has 2 nitrogen and oxygen atoms in total. The molecule has 1 aromatic carbocycles. The summed E-state index contributed by atoms with van der Waals surface area (Å²) < 4.78 is 59.4. The van der Waals surface area contributed by atoms with Crippen molar-refractivity contribution in [3.05, 3.63) is 35.4 Å². The molecule has 0 unspecified atom stereocenters. The fraction of sp³-hybridized carbons (Fsp3) is 0.400. The van der Waals surface area contributed by atoms with E-state index in [9.17, 15) is 22.0 Å². The predicted octanol–water partition coefficient (Wildman–Crippen LogP) is 3.21. The molecule has 17 heavy (non-hydrogen) atoms. The van der Waals surface area contributed by atoms with Crippen LogP contribution in [-0.4, -0.2) is 12.8 Å². The van der Waals surface area contributed by atoms with Gasteiger partial charge in [0.2, 0.25) is 0 Å². The van der Waals surface area contributed by atoms with Crippen molar-refractivity contribution in [2.75, 3.05) is 6.61 Å². The van der Waals surface area contributed by atoms with Crippen molar-refractivity contribution in [2.24, 2.45) is 0 Å². The van der Waals surface area contributed by atoms with Gasteiger partial charge in [0.05, 0.1) is 0 Å². The van der Waals surface area contributed by atoms with Gasteiger partial charge in [0.25, 0.3) is 6.43 Å². The smallest absolute Gasteiger partial charge is 0.292 e. The van der Waals surface area contributed by atoms with Gasteiger partial charge in [-0.25, -0.2) is 8.78 Å². The molecule has 0 radical (unpaired) electrons. The molecule has 0 aliphatic heterocycles. The first-order valence-corrected chi connectivity index (χ1v) is 4.67. The Hall–Kier alpha value is -1.21. The largest absolute Gasteiger partial charge is 0.413 e. The quantitative estimate of drug-likeness (QED) is 0.495. The third-order valence-corrected chi connectivity index (χ3v) is 1.85. The van der Waals surface area contributed by atoms with E-state index in [0.29, 0.717) is 5.56 Å². The van der Waals surface area contributed by atoms with Crippen molar-refractivity contribution in [3.8, 4) is 0 Å². The van der Waals surface area contributed by atoms with Gasteiger partial charge >= 0.3 is 6.18 Å². The Morgan fingerprint density at radius 2 is 1.71 bits per heavy atom. The molecular weight excluding hydrogens is 245 g/mol. The standard InChI is InChI=1S/C10H10F5NO/c11-9(12)8-3-1-7(2-4-8)5-16-17-6-10(13,14)15/h1-4,9,16H,5-6H2. The van der Waals surface area contributed by atoms with E-state index >= 15 is 0 Å². The first-order valence-electron chi connectivity index (χ1n) is 4.67. The molecule has 0 saturated carbocycles. The van der Waals surface area contributed by atoms with Crippen molar-refractivity contribution >= 4 is 0 Å². The van der Waals surface area contributed by atoms with Crippen LogP contribution in [0.15, 0.2) is 24.3 Å². The molecule has 0 aliphatic carbocycles. The van der Waals surface area contributed by atoms with Gasteiger partial charge in [0.1, 0.15) is 0 Å². The lowest BCUT2D eigenvalue weighted by Crippen LogP contribution is -2.24. The lowest BCUT2D eigenvalue weighted by molar-refractivity contribution is -0.190. The molecule has 0 spiro atoms. The summed E-state index contributed by atoms with van der Waals surface area (Å²) >= 11 is 0. The molecule has 0 aromatic heterocycles.